The van der Waals surface area contributed by atoms with E-state index in [2.05, 4.69) is 45.0 Å². The minimum absolute atomic E-state index is 0.167. The van der Waals surface area contributed by atoms with Crippen molar-refractivity contribution in [3.63, 3.8) is 0 Å². The molecule has 0 saturated carbocycles. The molecule has 0 heterocycles. The van der Waals surface area contributed by atoms with Gasteiger partial charge in [0, 0.05) is 7.11 Å². The van der Waals surface area contributed by atoms with Crippen LogP contribution in [0.3, 0.4) is 0 Å². The van der Waals surface area contributed by atoms with Crippen molar-refractivity contribution in [2.75, 3.05) is 13.9 Å². The van der Waals surface area contributed by atoms with Gasteiger partial charge in [-0.25, -0.2) is 0 Å². The molecular weight excluding hydrogens is 232 g/mol. The van der Waals surface area contributed by atoms with E-state index in [1.807, 2.05) is 0 Å². The molecule has 0 radical (unpaired) electrons. The Labute approximate surface area is 107 Å². The lowest BCUT2D eigenvalue weighted by Gasteiger charge is -2.20. The van der Waals surface area contributed by atoms with Gasteiger partial charge < -0.3 is 14.6 Å². The van der Waals surface area contributed by atoms with E-state index >= 15 is 0 Å². The highest BCUT2D eigenvalue weighted by Gasteiger charge is 2.19. The van der Waals surface area contributed by atoms with Crippen LogP contribution in [0.15, 0.2) is 0 Å². The van der Waals surface area contributed by atoms with Crippen molar-refractivity contribution in [3.8, 4) is 11.5 Å². The molecule has 3 nitrogen and oxygen atoms in total. The first-order valence-corrected chi connectivity index (χ1v) is 9.57. The minimum Gasteiger partial charge on any atom is -0.389 e. The lowest BCUT2D eigenvalue weighted by atomic mass is 10.0. The van der Waals surface area contributed by atoms with Gasteiger partial charge in [-0.2, -0.15) is 0 Å². The largest absolute Gasteiger partial charge is 0.389 e. The van der Waals surface area contributed by atoms with Crippen molar-refractivity contribution in [2.45, 2.75) is 52.1 Å². The molecule has 0 saturated heterocycles. The van der Waals surface area contributed by atoms with Crippen LogP contribution < -0.4 is 0 Å². The number of ether oxygens (including phenoxy) is 2. The number of hydrogen-bond donors (Lipinski definition) is 1. The second-order valence-electron chi connectivity index (χ2n) is 5.71. The fraction of sp³-hybridized carbons (Fsp3) is 0.846. The molecule has 0 aliphatic carbocycles. The SMILES string of the molecule is COCO[C@H](C#C[Si](C)(C)C)[C@@H](O)CC(C)C. The molecule has 2 atom stereocenters. The van der Waals surface area contributed by atoms with E-state index in [-0.39, 0.29) is 6.79 Å². The molecule has 0 rings (SSSR count). The van der Waals surface area contributed by atoms with E-state index in [9.17, 15) is 5.11 Å². The van der Waals surface area contributed by atoms with E-state index < -0.39 is 20.3 Å². The first-order chi connectivity index (χ1) is 7.76. The van der Waals surface area contributed by atoms with Gasteiger partial charge in [-0.3, -0.25) is 0 Å². The second-order valence-corrected chi connectivity index (χ2v) is 10.5. The second kappa shape index (κ2) is 7.88. The van der Waals surface area contributed by atoms with Gasteiger partial charge in [0.1, 0.15) is 21.0 Å². The molecule has 0 aromatic rings. The number of hydrogen-bond acceptors (Lipinski definition) is 3. The summed E-state index contributed by atoms with van der Waals surface area (Å²) in [5.41, 5.74) is 3.23. The summed E-state index contributed by atoms with van der Waals surface area (Å²) in [4.78, 5) is 0. The molecule has 4 heteroatoms. The standard InChI is InChI=1S/C13H26O3Si/c1-11(2)9-12(14)13(16-10-15-3)7-8-17(4,5)6/h11-14H,9-10H2,1-6H3/t12-,13+/m0/s1. The molecule has 0 fully saturated rings. The summed E-state index contributed by atoms with van der Waals surface area (Å²) in [6.07, 6.45) is -0.299. The van der Waals surface area contributed by atoms with Gasteiger partial charge in [0.25, 0.3) is 0 Å². The number of methoxy groups -OCH3 is 1. The van der Waals surface area contributed by atoms with Gasteiger partial charge in [-0.1, -0.05) is 39.4 Å². The number of rotatable bonds is 6. The zero-order valence-corrected chi connectivity index (χ0v) is 12.9. The lowest BCUT2D eigenvalue weighted by Crippen LogP contribution is -2.30. The average Bonchev–Trinajstić information content (AvgIpc) is 2.14. The van der Waals surface area contributed by atoms with Crippen LogP contribution in [0, 0.1) is 17.4 Å². The van der Waals surface area contributed by atoms with Gasteiger partial charge in [0.15, 0.2) is 0 Å². The maximum absolute atomic E-state index is 10.0. The quantitative estimate of drug-likeness (QED) is 0.451. The topological polar surface area (TPSA) is 38.7 Å². The van der Waals surface area contributed by atoms with Crippen LogP contribution in [0.4, 0.5) is 0 Å². The predicted octanol–water partition coefficient (Wildman–Crippen LogP) is 2.26. The Balaban J connectivity index is 4.56. The molecule has 0 aromatic heterocycles. The van der Waals surface area contributed by atoms with Crippen molar-refractivity contribution in [3.05, 3.63) is 0 Å². The third-order valence-electron chi connectivity index (χ3n) is 2.02. The summed E-state index contributed by atoms with van der Waals surface area (Å²) in [6, 6.07) is 0. The molecule has 0 bridgehead atoms. The molecule has 0 unspecified atom stereocenters. The zero-order chi connectivity index (χ0) is 13.5. The van der Waals surface area contributed by atoms with Crippen LogP contribution in [0.2, 0.25) is 19.6 Å². The van der Waals surface area contributed by atoms with Gasteiger partial charge in [-0.15, -0.1) is 5.54 Å². The Morgan fingerprint density at radius 1 is 1.24 bits per heavy atom. The van der Waals surface area contributed by atoms with Crippen LogP contribution >= 0.6 is 0 Å². The van der Waals surface area contributed by atoms with Crippen LogP contribution in [-0.4, -0.2) is 39.3 Å². The van der Waals surface area contributed by atoms with Gasteiger partial charge in [0.2, 0.25) is 0 Å². The predicted molar refractivity (Wildman–Crippen MR) is 73.3 cm³/mol. The fourth-order valence-electron chi connectivity index (χ4n) is 1.28. The molecule has 0 aliphatic heterocycles. The normalized spacial score (nSPS) is 15.3. The Morgan fingerprint density at radius 3 is 2.24 bits per heavy atom. The van der Waals surface area contributed by atoms with Crippen molar-refractivity contribution in [1.29, 1.82) is 0 Å². The highest BCUT2D eigenvalue weighted by Crippen LogP contribution is 2.11. The van der Waals surface area contributed by atoms with E-state index in [0.29, 0.717) is 12.3 Å². The molecule has 0 aliphatic rings. The van der Waals surface area contributed by atoms with E-state index in [1.54, 1.807) is 7.11 Å². The van der Waals surface area contributed by atoms with Gasteiger partial charge in [0.05, 0.1) is 6.10 Å². The average molecular weight is 258 g/mol. The molecule has 0 aromatic carbocycles. The molecule has 0 amide bonds. The van der Waals surface area contributed by atoms with E-state index in [4.69, 9.17) is 9.47 Å². The minimum atomic E-state index is -1.44. The summed E-state index contributed by atoms with van der Waals surface area (Å²) in [7, 11) is 0.129. The van der Waals surface area contributed by atoms with Crippen LogP contribution in [-0.2, 0) is 9.47 Å². The lowest BCUT2D eigenvalue weighted by molar-refractivity contribution is -0.0926. The summed E-state index contributed by atoms with van der Waals surface area (Å²) < 4.78 is 10.3. The maximum atomic E-state index is 10.0. The van der Waals surface area contributed by atoms with E-state index in [1.165, 1.54) is 0 Å². The Bertz CT molecular complexity index is 260. The highest BCUT2D eigenvalue weighted by molar-refractivity contribution is 6.83. The fourth-order valence-corrected chi connectivity index (χ4v) is 1.86. The van der Waals surface area contributed by atoms with Crippen LogP contribution in [0.1, 0.15) is 20.3 Å². The molecule has 100 valence electrons. The third-order valence-corrected chi connectivity index (χ3v) is 2.91. The van der Waals surface area contributed by atoms with Crippen molar-refractivity contribution < 1.29 is 14.6 Å². The van der Waals surface area contributed by atoms with Crippen molar-refractivity contribution >= 4 is 8.07 Å². The van der Waals surface area contributed by atoms with Gasteiger partial charge >= 0.3 is 0 Å². The first kappa shape index (κ1) is 16.7. The summed E-state index contributed by atoms with van der Waals surface area (Å²) >= 11 is 0. The zero-order valence-electron chi connectivity index (χ0n) is 11.9. The summed E-state index contributed by atoms with van der Waals surface area (Å²) in [5, 5.41) is 10.0. The third kappa shape index (κ3) is 9.37. The Kier molecular flexibility index (Phi) is 7.72. The van der Waals surface area contributed by atoms with Crippen molar-refractivity contribution in [2.24, 2.45) is 5.92 Å². The number of aliphatic hydroxyl groups excluding tert-OH is 1. The van der Waals surface area contributed by atoms with Crippen molar-refractivity contribution in [1.82, 2.24) is 0 Å². The smallest absolute Gasteiger partial charge is 0.148 e. The molecule has 17 heavy (non-hydrogen) atoms. The summed E-state index contributed by atoms with van der Waals surface area (Å²) in [6.45, 7) is 10.8. The monoisotopic (exact) mass is 258 g/mol. The molecular formula is C13H26O3Si. The highest BCUT2D eigenvalue weighted by atomic mass is 28.3. The maximum Gasteiger partial charge on any atom is 0.148 e. The van der Waals surface area contributed by atoms with Crippen LogP contribution in [0.25, 0.3) is 0 Å². The molecule has 1 N–H and O–H groups in total. The summed E-state index contributed by atoms with van der Waals surface area (Å²) in [5.74, 6) is 3.48. The van der Waals surface area contributed by atoms with E-state index in [0.717, 1.165) is 0 Å². The Morgan fingerprint density at radius 2 is 1.82 bits per heavy atom. The molecule has 0 spiro atoms. The van der Waals surface area contributed by atoms with Crippen LogP contribution in [0.5, 0.6) is 0 Å². The van der Waals surface area contributed by atoms with Gasteiger partial charge in [-0.05, 0) is 12.3 Å². The first-order valence-electron chi connectivity index (χ1n) is 6.07. The Hall–Kier alpha value is -0.343. The number of aliphatic hydroxyl groups is 1.